The Morgan fingerprint density at radius 2 is 2.00 bits per heavy atom. The molecule has 0 amide bonds. The Morgan fingerprint density at radius 3 is 2.64 bits per heavy atom. The molecule has 1 N–H and O–H groups in total. The van der Waals surface area contributed by atoms with Crippen LogP contribution in [0.2, 0.25) is 0 Å². The summed E-state index contributed by atoms with van der Waals surface area (Å²) in [5.74, 6) is -0.166. The van der Waals surface area contributed by atoms with Crippen molar-refractivity contribution < 1.29 is 23.8 Å². The van der Waals surface area contributed by atoms with Gasteiger partial charge in [-0.1, -0.05) is 6.92 Å². The summed E-state index contributed by atoms with van der Waals surface area (Å²) >= 11 is 0. The summed E-state index contributed by atoms with van der Waals surface area (Å²) in [5.41, 5.74) is 0.614. The topological polar surface area (TPSA) is 73.9 Å². The van der Waals surface area contributed by atoms with E-state index in [1.165, 1.54) is 0 Å². The van der Waals surface area contributed by atoms with Crippen molar-refractivity contribution in [1.82, 2.24) is 0 Å². The van der Waals surface area contributed by atoms with Gasteiger partial charge in [0.15, 0.2) is 12.2 Å². The zero-order valence-corrected chi connectivity index (χ0v) is 12.7. The molecule has 1 aromatic rings. The Balaban J connectivity index is 2.10. The van der Waals surface area contributed by atoms with Gasteiger partial charge in [0, 0.05) is 5.69 Å². The molecule has 2 rings (SSSR count). The van der Waals surface area contributed by atoms with Crippen molar-refractivity contribution in [2.24, 2.45) is 0 Å². The summed E-state index contributed by atoms with van der Waals surface area (Å²) in [7, 11) is 0. The van der Waals surface area contributed by atoms with Crippen LogP contribution in [0.5, 0.6) is 5.75 Å². The first-order chi connectivity index (χ1) is 10.7. The summed E-state index contributed by atoms with van der Waals surface area (Å²) < 4.78 is 15.6. The molecule has 0 fully saturated rings. The van der Waals surface area contributed by atoms with Gasteiger partial charge in [-0.3, -0.25) is 4.79 Å². The van der Waals surface area contributed by atoms with Gasteiger partial charge in [0.05, 0.1) is 13.2 Å². The van der Waals surface area contributed by atoms with Crippen LogP contribution < -0.4 is 10.1 Å². The quantitative estimate of drug-likeness (QED) is 0.615. The van der Waals surface area contributed by atoms with E-state index in [1.54, 1.807) is 31.2 Å². The average Bonchev–Trinajstić information content (AvgIpc) is 2.87. The number of ketones is 1. The minimum absolute atomic E-state index is 0.0758. The third-order valence-electron chi connectivity index (χ3n) is 2.92. The molecule has 1 aromatic carbocycles. The minimum Gasteiger partial charge on any atom is -0.494 e. The molecule has 0 aliphatic carbocycles. The zero-order valence-electron chi connectivity index (χ0n) is 12.7. The predicted octanol–water partition coefficient (Wildman–Crippen LogP) is 2.26. The minimum atomic E-state index is -0.671. The number of hydrogen-bond donors (Lipinski definition) is 1. The Labute approximate surface area is 129 Å². The second-order valence-electron chi connectivity index (χ2n) is 4.63. The van der Waals surface area contributed by atoms with Crippen LogP contribution in [0.3, 0.4) is 0 Å². The number of carbonyl (C=O) groups excluding carboxylic acids is 2. The number of carbonyl (C=O) groups is 2. The van der Waals surface area contributed by atoms with Crippen LogP contribution in [-0.4, -0.2) is 31.6 Å². The lowest BCUT2D eigenvalue weighted by Gasteiger charge is -2.10. The van der Waals surface area contributed by atoms with Crippen LogP contribution in [0, 0.1) is 0 Å². The second kappa shape index (κ2) is 7.49. The maximum atomic E-state index is 11.8. The molecule has 118 valence electrons. The molecule has 22 heavy (non-hydrogen) atoms. The van der Waals surface area contributed by atoms with Crippen molar-refractivity contribution in [3.05, 3.63) is 35.7 Å². The van der Waals surface area contributed by atoms with Crippen molar-refractivity contribution in [2.45, 2.75) is 20.3 Å². The third-order valence-corrected chi connectivity index (χ3v) is 2.92. The molecule has 0 atom stereocenters. The van der Waals surface area contributed by atoms with E-state index < -0.39 is 5.97 Å². The number of anilines is 1. The molecule has 0 aromatic heterocycles. The van der Waals surface area contributed by atoms with E-state index in [2.05, 4.69) is 5.32 Å². The number of rotatable bonds is 7. The molecule has 1 heterocycles. The Hall–Kier alpha value is -2.50. The second-order valence-corrected chi connectivity index (χ2v) is 4.63. The average molecular weight is 305 g/mol. The van der Waals surface area contributed by atoms with Gasteiger partial charge in [0.1, 0.15) is 5.75 Å². The van der Waals surface area contributed by atoms with Gasteiger partial charge in [0.25, 0.3) is 0 Å². The van der Waals surface area contributed by atoms with E-state index >= 15 is 0 Å². The fourth-order valence-electron chi connectivity index (χ4n) is 1.90. The van der Waals surface area contributed by atoms with Crippen molar-refractivity contribution in [3.63, 3.8) is 0 Å². The highest BCUT2D eigenvalue weighted by molar-refractivity contribution is 6.19. The maximum absolute atomic E-state index is 11.8. The number of nitrogens with one attached hydrogen (secondary N) is 1. The summed E-state index contributed by atoms with van der Waals surface area (Å²) in [5, 5.41) is 2.92. The van der Waals surface area contributed by atoms with Crippen molar-refractivity contribution in [1.29, 1.82) is 0 Å². The van der Waals surface area contributed by atoms with Crippen molar-refractivity contribution >= 4 is 17.4 Å². The van der Waals surface area contributed by atoms with Crippen LogP contribution in [-0.2, 0) is 19.1 Å². The summed E-state index contributed by atoms with van der Waals surface area (Å²) in [6, 6.07) is 7.18. The molecule has 0 bridgehead atoms. The largest absolute Gasteiger partial charge is 0.494 e. The number of benzene rings is 1. The van der Waals surface area contributed by atoms with Crippen LogP contribution in [0.25, 0.3) is 0 Å². The fourth-order valence-corrected chi connectivity index (χ4v) is 1.90. The van der Waals surface area contributed by atoms with E-state index in [9.17, 15) is 9.59 Å². The summed E-state index contributed by atoms with van der Waals surface area (Å²) in [6.45, 7) is 4.41. The summed E-state index contributed by atoms with van der Waals surface area (Å²) in [4.78, 5) is 23.5. The first-order valence-corrected chi connectivity index (χ1v) is 7.23. The smallest absolute Gasteiger partial charge is 0.347 e. The van der Waals surface area contributed by atoms with Crippen molar-refractivity contribution in [2.75, 3.05) is 25.1 Å². The Morgan fingerprint density at radius 1 is 1.27 bits per heavy atom. The van der Waals surface area contributed by atoms with E-state index in [-0.39, 0.29) is 30.5 Å². The van der Waals surface area contributed by atoms with Crippen LogP contribution >= 0.6 is 0 Å². The maximum Gasteiger partial charge on any atom is 0.347 e. The molecule has 0 radical (unpaired) electrons. The number of hydrogen-bond acceptors (Lipinski definition) is 6. The lowest BCUT2D eigenvalue weighted by atomic mass is 10.2. The molecular weight excluding hydrogens is 286 g/mol. The highest BCUT2D eigenvalue weighted by Gasteiger charge is 2.32. The van der Waals surface area contributed by atoms with Gasteiger partial charge in [0.2, 0.25) is 11.7 Å². The van der Waals surface area contributed by atoms with Crippen LogP contribution in [0.1, 0.15) is 20.3 Å². The fraction of sp³-hybridized carbons (Fsp3) is 0.375. The predicted molar refractivity (Wildman–Crippen MR) is 80.5 cm³/mol. The standard InChI is InChI=1S/C16H19NO5/c1-3-9-21-12-7-5-11(6-8-12)17-15-14(13(18)10-22-15)16(19)20-4-2/h5-8,17H,3-4,9-10H2,1-2H3. The zero-order chi connectivity index (χ0) is 15.9. The van der Waals surface area contributed by atoms with Gasteiger partial charge in [-0.15, -0.1) is 0 Å². The van der Waals surface area contributed by atoms with Gasteiger partial charge in [-0.2, -0.15) is 0 Å². The van der Waals surface area contributed by atoms with Gasteiger partial charge in [-0.25, -0.2) is 4.79 Å². The number of esters is 1. The Bertz CT molecular complexity index is 577. The van der Waals surface area contributed by atoms with E-state index in [0.29, 0.717) is 12.3 Å². The summed E-state index contributed by atoms with van der Waals surface area (Å²) in [6.07, 6.45) is 0.936. The molecule has 0 unspecified atom stereocenters. The van der Waals surface area contributed by atoms with E-state index in [1.807, 2.05) is 6.92 Å². The van der Waals surface area contributed by atoms with Gasteiger partial charge >= 0.3 is 5.97 Å². The normalized spacial score (nSPS) is 13.8. The van der Waals surface area contributed by atoms with Gasteiger partial charge < -0.3 is 19.5 Å². The monoisotopic (exact) mass is 305 g/mol. The number of Topliss-reactive ketones (excluding diaryl/α,β-unsaturated/α-hetero) is 1. The highest BCUT2D eigenvalue weighted by atomic mass is 16.5. The molecule has 0 spiro atoms. The Kier molecular flexibility index (Phi) is 5.41. The SMILES string of the molecule is CCCOc1ccc(NC2=C(C(=O)OCC)C(=O)CO2)cc1. The molecule has 6 heteroatoms. The molecule has 6 nitrogen and oxygen atoms in total. The lowest BCUT2D eigenvalue weighted by Crippen LogP contribution is -2.16. The van der Waals surface area contributed by atoms with Crippen molar-refractivity contribution in [3.8, 4) is 5.75 Å². The first kappa shape index (κ1) is 15.9. The first-order valence-electron chi connectivity index (χ1n) is 7.23. The van der Waals surface area contributed by atoms with E-state index in [4.69, 9.17) is 14.2 Å². The highest BCUT2D eigenvalue weighted by Crippen LogP contribution is 2.22. The molecule has 1 aliphatic heterocycles. The lowest BCUT2D eigenvalue weighted by molar-refractivity contribution is -0.139. The number of ether oxygens (including phenoxy) is 3. The van der Waals surface area contributed by atoms with Crippen LogP contribution in [0.15, 0.2) is 35.7 Å². The van der Waals surface area contributed by atoms with Crippen LogP contribution in [0.4, 0.5) is 5.69 Å². The molecule has 1 aliphatic rings. The third kappa shape index (κ3) is 3.78. The van der Waals surface area contributed by atoms with Gasteiger partial charge in [-0.05, 0) is 37.6 Å². The molecular formula is C16H19NO5. The molecule has 0 saturated heterocycles. The van der Waals surface area contributed by atoms with E-state index in [0.717, 1.165) is 12.2 Å². The molecule has 0 saturated carbocycles.